The third-order valence-electron chi connectivity index (χ3n) is 3.82. The van der Waals surface area contributed by atoms with Gasteiger partial charge in [0.15, 0.2) is 11.0 Å². The first-order chi connectivity index (χ1) is 13.1. The average molecular weight is 382 g/mol. The zero-order chi connectivity index (χ0) is 19.2. The van der Waals surface area contributed by atoms with Crippen molar-refractivity contribution in [3.8, 4) is 11.4 Å². The van der Waals surface area contributed by atoms with E-state index in [0.717, 1.165) is 11.1 Å². The molecule has 27 heavy (non-hydrogen) atoms. The van der Waals surface area contributed by atoms with Gasteiger partial charge in [-0.25, -0.2) is 4.39 Å². The Morgan fingerprint density at radius 3 is 2.67 bits per heavy atom. The van der Waals surface area contributed by atoms with Gasteiger partial charge in [0.1, 0.15) is 5.82 Å². The van der Waals surface area contributed by atoms with Crippen LogP contribution < -0.4 is 5.32 Å². The van der Waals surface area contributed by atoms with E-state index >= 15 is 0 Å². The molecule has 3 rings (SSSR count). The summed E-state index contributed by atoms with van der Waals surface area (Å²) in [4.78, 5) is 12.1. The van der Waals surface area contributed by atoms with Crippen LogP contribution in [0.15, 0.2) is 66.3 Å². The van der Waals surface area contributed by atoms with Crippen LogP contribution in [0.5, 0.6) is 0 Å². The fourth-order valence-electron chi connectivity index (χ4n) is 2.48. The quantitative estimate of drug-likeness (QED) is 0.489. The summed E-state index contributed by atoms with van der Waals surface area (Å²) < 4.78 is 15.5. The van der Waals surface area contributed by atoms with Gasteiger partial charge in [0.05, 0.1) is 11.4 Å². The Morgan fingerprint density at radius 2 is 1.96 bits per heavy atom. The predicted octanol–water partition coefficient (Wildman–Crippen LogP) is 4.31. The van der Waals surface area contributed by atoms with Crippen molar-refractivity contribution in [2.45, 2.75) is 18.6 Å². The minimum atomic E-state index is -0.465. The van der Waals surface area contributed by atoms with Gasteiger partial charge in [-0.1, -0.05) is 59.8 Å². The molecule has 0 aliphatic rings. The van der Waals surface area contributed by atoms with Gasteiger partial charge in [-0.05, 0) is 19.1 Å². The fourth-order valence-corrected chi connectivity index (χ4v) is 3.23. The van der Waals surface area contributed by atoms with Gasteiger partial charge in [-0.3, -0.25) is 9.36 Å². The summed E-state index contributed by atoms with van der Waals surface area (Å²) in [6.07, 6.45) is 1.75. The minimum absolute atomic E-state index is 0.0948. The summed E-state index contributed by atoms with van der Waals surface area (Å²) in [5.41, 5.74) is 2.27. The van der Waals surface area contributed by atoms with E-state index in [-0.39, 0.29) is 17.3 Å². The normalized spacial score (nSPS) is 10.6. The van der Waals surface area contributed by atoms with Crippen molar-refractivity contribution >= 4 is 23.4 Å². The summed E-state index contributed by atoms with van der Waals surface area (Å²) in [5.74, 6) is 0.0340. The van der Waals surface area contributed by atoms with E-state index in [1.54, 1.807) is 18.2 Å². The Kier molecular flexibility index (Phi) is 6.03. The molecule has 7 heteroatoms. The Balaban J connectivity index is 1.73. The highest BCUT2D eigenvalue weighted by Crippen LogP contribution is 2.24. The van der Waals surface area contributed by atoms with E-state index < -0.39 is 5.82 Å². The Bertz CT molecular complexity index is 953. The molecule has 5 nitrogen and oxygen atoms in total. The molecule has 0 atom stereocenters. The van der Waals surface area contributed by atoms with Crippen molar-refractivity contribution in [3.63, 3.8) is 0 Å². The molecule has 0 unspecified atom stereocenters. The van der Waals surface area contributed by atoms with Gasteiger partial charge < -0.3 is 5.32 Å². The number of aryl methyl sites for hydroxylation is 1. The number of nitrogens with zero attached hydrogens (tertiary/aromatic N) is 3. The van der Waals surface area contributed by atoms with Crippen molar-refractivity contribution in [3.05, 3.63) is 72.6 Å². The molecule has 0 aliphatic carbocycles. The van der Waals surface area contributed by atoms with Crippen LogP contribution in [0.2, 0.25) is 0 Å². The lowest BCUT2D eigenvalue weighted by atomic mass is 10.1. The number of aromatic nitrogens is 3. The number of hydrogen-bond acceptors (Lipinski definition) is 4. The summed E-state index contributed by atoms with van der Waals surface area (Å²) in [7, 11) is 0. The van der Waals surface area contributed by atoms with E-state index in [1.165, 1.54) is 23.9 Å². The molecular formula is C20H19FN4OS. The first-order valence-corrected chi connectivity index (χ1v) is 9.35. The maximum atomic E-state index is 13.6. The molecular weight excluding hydrogens is 363 g/mol. The van der Waals surface area contributed by atoms with Gasteiger partial charge >= 0.3 is 0 Å². The van der Waals surface area contributed by atoms with Crippen LogP contribution in [-0.2, 0) is 11.3 Å². The van der Waals surface area contributed by atoms with Gasteiger partial charge in [-0.15, -0.1) is 16.8 Å². The molecule has 138 valence electrons. The average Bonchev–Trinajstić information content (AvgIpc) is 3.06. The number of para-hydroxylation sites is 1. The Hall–Kier alpha value is -2.93. The highest BCUT2D eigenvalue weighted by atomic mass is 32.2. The van der Waals surface area contributed by atoms with Crippen molar-refractivity contribution < 1.29 is 9.18 Å². The number of benzene rings is 2. The summed E-state index contributed by atoms with van der Waals surface area (Å²) >= 11 is 1.25. The molecule has 1 heterocycles. The predicted molar refractivity (Wildman–Crippen MR) is 106 cm³/mol. The highest BCUT2D eigenvalue weighted by Gasteiger charge is 2.15. The fraction of sp³-hybridized carbons (Fsp3) is 0.150. The number of anilines is 1. The lowest BCUT2D eigenvalue weighted by Gasteiger charge is -2.08. The van der Waals surface area contributed by atoms with Crippen LogP contribution in [0.3, 0.4) is 0 Å². The molecule has 0 spiro atoms. The molecule has 0 bridgehead atoms. The van der Waals surface area contributed by atoms with Gasteiger partial charge in [0, 0.05) is 12.1 Å². The standard InChI is InChI=1S/C20H19FN4OS/c1-3-12-25-19(15-10-8-14(2)9-11-15)23-24-20(25)27-13-18(26)22-17-7-5-4-6-16(17)21/h3-11H,1,12-13H2,2H3,(H,22,26). The number of nitrogens with one attached hydrogen (secondary N) is 1. The molecule has 0 saturated heterocycles. The van der Waals surface area contributed by atoms with E-state index in [4.69, 9.17) is 0 Å². The van der Waals surface area contributed by atoms with Gasteiger partial charge in [0.2, 0.25) is 5.91 Å². The minimum Gasteiger partial charge on any atom is -0.323 e. The van der Waals surface area contributed by atoms with Gasteiger partial charge in [0.25, 0.3) is 0 Å². The number of amides is 1. The summed E-state index contributed by atoms with van der Waals surface area (Å²) in [6, 6.07) is 14.1. The van der Waals surface area contributed by atoms with Crippen LogP contribution in [0.1, 0.15) is 5.56 Å². The van der Waals surface area contributed by atoms with Crippen LogP contribution in [0, 0.1) is 12.7 Å². The number of hydrogen-bond donors (Lipinski definition) is 1. The smallest absolute Gasteiger partial charge is 0.234 e. The number of allylic oxidation sites excluding steroid dienone is 1. The topological polar surface area (TPSA) is 59.8 Å². The molecule has 1 aromatic heterocycles. The van der Waals surface area contributed by atoms with E-state index in [0.29, 0.717) is 17.5 Å². The zero-order valence-electron chi connectivity index (χ0n) is 14.9. The molecule has 0 radical (unpaired) electrons. The van der Waals surface area contributed by atoms with Gasteiger partial charge in [-0.2, -0.15) is 0 Å². The zero-order valence-corrected chi connectivity index (χ0v) is 15.7. The number of rotatable bonds is 7. The van der Waals surface area contributed by atoms with E-state index in [2.05, 4.69) is 22.1 Å². The van der Waals surface area contributed by atoms with Crippen LogP contribution >= 0.6 is 11.8 Å². The van der Waals surface area contributed by atoms with Crippen molar-refractivity contribution in [1.29, 1.82) is 0 Å². The maximum Gasteiger partial charge on any atom is 0.234 e. The Labute approximate surface area is 161 Å². The molecule has 0 saturated carbocycles. The SMILES string of the molecule is C=CCn1c(SCC(=O)Nc2ccccc2F)nnc1-c1ccc(C)cc1. The largest absolute Gasteiger partial charge is 0.323 e. The monoisotopic (exact) mass is 382 g/mol. The van der Waals surface area contributed by atoms with E-state index in [1.807, 2.05) is 35.8 Å². The third-order valence-corrected chi connectivity index (χ3v) is 4.79. The molecule has 1 amide bonds. The van der Waals surface area contributed by atoms with Crippen LogP contribution in [0.25, 0.3) is 11.4 Å². The van der Waals surface area contributed by atoms with Crippen LogP contribution in [0.4, 0.5) is 10.1 Å². The van der Waals surface area contributed by atoms with Crippen molar-refractivity contribution in [2.24, 2.45) is 0 Å². The second-order valence-electron chi connectivity index (χ2n) is 5.89. The summed E-state index contributed by atoms with van der Waals surface area (Å²) in [5, 5.41) is 11.6. The highest BCUT2D eigenvalue weighted by molar-refractivity contribution is 7.99. The second-order valence-corrected chi connectivity index (χ2v) is 6.83. The van der Waals surface area contributed by atoms with Crippen molar-refractivity contribution in [2.75, 3.05) is 11.1 Å². The molecule has 0 aliphatic heterocycles. The molecule has 0 fully saturated rings. The first kappa shape index (κ1) is 18.8. The number of thioether (sulfide) groups is 1. The Morgan fingerprint density at radius 1 is 1.22 bits per heavy atom. The lowest BCUT2D eigenvalue weighted by molar-refractivity contribution is -0.113. The number of carbonyl (C=O) groups is 1. The number of halogens is 1. The summed E-state index contributed by atoms with van der Waals surface area (Å²) in [6.45, 7) is 6.32. The van der Waals surface area contributed by atoms with Crippen molar-refractivity contribution in [1.82, 2.24) is 14.8 Å². The van der Waals surface area contributed by atoms with E-state index in [9.17, 15) is 9.18 Å². The number of carbonyl (C=O) groups excluding carboxylic acids is 1. The van der Waals surface area contributed by atoms with Crippen LogP contribution in [-0.4, -0.2) is 26.4 Å². The second kappa shape index (κ2) is 8.64. The first-order valence-electron chi connectivity index (χ1n) is 8.37. The molecule has 2 aromatic carbocycles. The molecule has 3 aromatic rings. The molecule has 1 N–H and O–H groups in total. The maximum absolute atomic E-state index is 13.6. The third kappa shape index (κ3) is 4.62. The lowest BCUT2D eigenvalue weighted by Crippen LogP contribution is -2.15.